The second kappa shape index (κ2) is 7.92. The van der Waals surface area contributed by atoms with Crippen molar-refractivity contribution in [3.05, 3.63) is 53.9 Å². The van der Waals surface area contributed by atoms with E-state index in [9.17, 15) is 20.1 Å². The lowest BCUT2D eigenvalue weighted by atomic mass is 9.91. The summed E-state index contributed by atoms with van der Waals surface area (Å²) in [7, 11) is 1.30. The predicted octanol–water partition coefficient (Wildman–Crippen LogP) is 1.56. The summed E-state index contributed by atoms with van der Waals surface area (Å²) < 4.78 is 10.5. The lowest BCUT2D eigenvalue weighted by molar-refractivity contribution is -0.179. The standard InChI is InChI=1S/C21H22N2O6/c1-28-21(27)20-22-15-6-5-12(8-16(15)23-20)11-3-2-4-13(7-11)19-18(26)17(25)9-14(10-24)29-19/h2-8,14,17-19,24-26H,9-10H2,1H3,(H,22,23)/t14-,17-,18-,19+/m0/s1. The molecule has 2 heterocycles. The van der Waals surface area contributed by atoms with E-state index in [0.717, 1.165) is 11.1 Å². The van der Waals surface area contributed by atoms with Crippen LogP contribution >= 0.6 is 0 Å². The average Bonchev–Trinajstić information content (AvgIpc) is 3.18. The number of esters is 1. The number of ether oxygens (including phenoxy) is 2. The highest BCUT2D eigenvalue weighted by molar-refractivity contribution is 5.91. The number of hydrogen-bond acceptors (Lipinski definition) is 7. The van der Waals surface area contributed by atoms with Crippen LogP contribution in [0.25, 0.3) is 22.2 Å². The van der Waals surface area contributed by atoms with E-state index >= 15 is 0 Å². The minimum Gasteiger partial charge on any atom is -0.463 e. The molecule has 0 unspecified atom stereocenters. The molecule has 1 aliphatic rings. The highest BCUT2D eigenvalue weighted by atomic mass is 16.5. The lowest BCUT2D eigenvalue weighted by Crippen LogP contribution is -2.44. The van der Waals surface area contributed by atoms with Crippen LogP contribution in [-0.2, 0) is 9.47 Å². The van der Waals surface area contributed by atoms with Gasteiger partial charge in [-0.05, 0) is 34.9 Å². The molecule has 0 saturated carbocycles. The second-order valence-electron chi connectivity index (χ2n) is 7.09. The zero-order valence-electron chi connectivity index (χ0n) is 15.8. The number of nitrogens with zero attached hydrogens (tertiary/aromatic N) is 1. The van der Waals surface area contributed by atoms with Gasteiger partial charge in [0.1, 0.15) is 12.2 Å². The van der Waals surface area contributed by atoms with Crippen molar-refractivity contribution in [1.82, 2.24) is 9.97 Å². The number of methoxy groups -OCH3 is 1. The molecule has 0 radical (unpaired) electrons. The Bertz CT molecular complexity index is 1030. The third-order valence-electron chi connectivity index (χ3n) is 5.16. The molecule has 1 aromatic heterocycles. The van der Waals surface area contributed by atoms with Gasteiger partial charge in [0, 0.05) is 6.42 Å². The fraction of sp³-hybridized carbons (Fsp3) is 0.333. The largest absolute Gasteiger partial charge is 0.463 e. The Labute approximate surface area is 166 Å². The van der Waals surface area contributed by atoms with Gasteiger partial charge in [-0.15, -0.1) is 0 Å². The molecule has 0 amide bonds. The molecule has 3 aromatic rings. The maximum Gasteiger partial charge on any atom is 0.374 e. The molecule has 4 N–H and O–H groups in total. The first kappa shape index (κ1) is 19.5. The number of imidazole rings is 1. The summed E-state index contributed by atoms with van der Waals surface area (Å²) >= 11 is 0. The number of aromatic amines is 1. The van der Waals surface area contributed by atoms with Gasteiger partial charge in [0.05, 0.1) is 37.0 Å². The molecule has 0 bridgehead atoms. The molecule has 1 fully saturated rings. The molecule has 0 aliphatic carbocycles. The van der Waals surface area contributed by atoms with Crippen LogP contribution in [0.1, 0.15) is 28.7 Å². The van der Waals surface area contributed by atoms with E-state index < -0.39 is 30.4 Å². The van der Waals surface area contributed by atoms with Crippen LogP contribution in [0.15, 0.2) is 42.5 Å². The van der Waals surface area contributed by atoms with E-state index in [2.05, 4.69) is 9.97 Å². The van der Waals surface area contributed by atoms with Crippen LogP contribution in [0, 0.1) is 0 Å². The summed E-state index contributed by atoms with van der Waals surface area (Å²) in [5.41, 5.74) is 3.79. The molecule has 8 nitrogen and oxygen atoms in total. The van der Waals surface area contributed by atoms with Crippen LogP contribution in [0.3, 0.4) is 0 Å². The van der Waals surface area contributed by atoms with Crippen molar-refractivity contribution in [3.8, 4) is 11.1 Å². The van der Waals surface area contributed by atoms with Crippen LogP contribution in [-0.4, -0.2) is 63.3 Å². The molecular weight excluding hydrogens is 376 g/mol. The van der Waals surface area contributed by atoms with Crippen molar-refractivity contribution in [3.63, 3.8) is 0 Å². The summed E-state index contributed by atoms with van der Waals surface area (Å²) in [6.07, 6.45) is -3.12. The van der Waals surface area contributed by atoms with Gasteiger partial charge in [-0.1, -0.05) is 24.3 Å². The number of carbonyl (C=O) groups excluding carboxylic acids is 1. The van der Waals surface area contributed by atoms with Crippen molar-refractivity contribution in [2.45, 2.75) is 30.8 Å². The van der Waals surface area contributed by atoms with Crippen molar-refractivity contribution < 1.29 is 29.6 Å². The van der Waals surface area contributed by atoms with Crippen molar-refractivity contribution in [2.75, 3.05) is 13.7 Å². The van der Waals surface area contributed by atoms with Gasteiger partial charge in [-0.2, -0.15) is 0 Å². The van der Waals surface area contributed by atoms with E-state index in [1.54, 1.807) is 6.07 Å². The van der Waals surface area contributed by atoms with Crippen molar-refractivity contribution in [2.24, 2.45) is 0 Å². The maximum absolute atomic E-state index is 11.7. The predicted molar refractivity (Wildman–Crippen MR) is 104 cm³/mol. The number of aromatic nitrogens is 2. The third-order valence-corrected chi connectivity index (χ3v) is 5.16. The quantitative estimate of drug-likeness (QED) is 0.492. The number of H-pyrrole nitrogens is 1. The molecular formula is C21H22N2O6. The number of benzene rings is 2. The Morgan fingerprint density at radius 1 is 1.24 bits per heavy atom. The summed E-state index contributed by atoms with van der Waals surface area (Å²) in [4.78, 5) is 18.8. The Morgan fingerprint density at radius 3 is 2.79 bits per heavy atom. The first-order valence-corrected chi connectivity index (χ1v) is 9.31. The molecule has 152 valence electrons. The molecule has 4 rings (SSSR count). The Kier molecular flexibility index (Phi) is 5.33. The fourth-order valence-corrected chi connectivity index (χ4v) is 3.62. The smallest absolute Gasteiger partial charge is 0.374 e. The van der Waals surface area contributed by atoms with E-state index in [-0.39, 0.29) is 18.9 Å². The Morgan fingerprint density at radius 2 is 2.03 bits per heavy atom. The molecule has 29 heavy (non-hydrogen) atoms. The lowest BCUT2D eigenvalue weighted by Gasteiger charge is -2.37. The van der Waals surface area contributed by atoms with Gasteiger partial charge in [0.15, 0.2) is 0 Å². The van der Waals surface area contributed by atoms with E-state index in [1.165, 1.54) is 7.11 Å². The number of carbonyl (C=O) groups is 1. The zero-order chi connectivity index (χ0) is 20.5. The highest BCUT2D eigenvalue weighted by Crippen LogP contribution is 2.34. The topological polar surface area (TPSA) is 125 Å². The average molecular weight is 398 g/mol. The summed E-state index contributed by atoms with van der Waals surface area (Å²) in [6, 6.07) is 13.0. The number of aliphatic hydroxyl groups excluding tert-OH is 3. The highest BCUT2D eigenvalue weighted by Gasteiger charge is 2.37. The van der Waals surface area contributed by atoms with Gasteiger partial charge in [-0.25, -0.2) is 9.78 Å². The van der Waals surface area contributed by atoms with Crippen molar-refractivity contribution >= 4 is 17.0 Å². The van der Waals surface area contributed by atoms with Crippen molar-refractivity contribution in [1.29, 1.82) is 0 Å². The van der Waals surface area contributed by atoms with E-state index in [0.29, 0.717) is 16.6 Å². The minimum absolute atomic E-state index is 0.135. The fourth-order valence-electron chi connectivity index (χ4n) is 3.62. The monoisotopic (exact) mass is 398 g/mol. The molecule has 4 atom stereocenters. The normalized spacial score (nSPS) is 24.6. The van der Waals surface area contributed by atoms with Crippen LogP contribution in [0.5, 0.6) is 0 Å². The van der Waals surface area contributed by atoms with Gasteiger partial charge in [0.2, 0.25) is 5.82 Å². The molecule has 0 spiro atoms. The first-order valence-electron chi connectivity index (χ1n) is 9.31. The zero-order valence-corrected chi connectivity index (χ0v) is 15.8. The number of nitrogens with one attached hydrogen (secondary N) is 1. The van der Waals surface area contributed by atoms with Crippen LogP contribution in [0.4, 0.5) is 0 Å². The second-order valence-corrected chi connectivity index (χ2v) is 7.09. The molecule has 8 heteroatoms. The SMILES string of the molecule is COC(=O)c1nc2ccc(-c3cccc([C@H]4O[C@H](CO)C[C@H](O)[C@@H]4O)c3)cc2[nH]1. The number of rotatable bonds is 4. The van der Waals surface area contributed by atoms with Gasteiger partial charge >= 0.3 is 5.97 Å². The summed E-state index contributed by atoms with van der Waals surface area (Å²) in [5, 5.41) is 29.9. The third kappa shape index (κ3) is 3.75. The number of fused-ring (bicyclic) bond motifs is 1. The molecule has 1 saturated heterocycles. The Balaban J connectivity index is 1.67. The number of aliphatic hydroxyl groups is 3. The van der Waals surface area contributed by atoms with E-state index in [1.807, 2.05) is 36.4 Å². The van der Waals surface area contributed by atoms with Gasteiger partial charge in [-0.3, -0.25) is 0 Å². The van der Waals surface area contributed by atoms with E-state index in [4.69, 9.17) is 9.47 Å². The van der Waals surface area contributed by atoms with Gasteiger partial charge in [0.25, 0.3) is 0 Å². The summed E-state index contributed by atoms with van der Waals surface area (Å²) in [5.74, 6) is -0.402. The minimum atomic E-state index is -1.08. The first-order chi connectivity index (χ1) is 14.0. The maximum atomic E-state index is 11.7. The van der Waals surface area contributed by atoms with Crippen LogP contribution < -0.4 is 0 Å². The Hall–Kier alpha value is -2.78. The number of hydrogen-bond donors (Lipinski definition) is 4. The van der Waals surface area contributed by atoms with Gasteiger partial charge < -0.3 is 29.8 Å². The molecule has 2 aromatic carbocycles. The molecule has 1 aliphatic heterocycles. The summed E-state index contributed by atoms with van der Waals surface area (Å²) in [6.45, 7) is -0.223. The van der Waals surface area contributed by atoms with Crippen LogP contribution in [0.2, 0.25) is 0 Å².